The summed E-state index contributed by atoms with van der Waals surface area (Å²) in [5, 5.41) is 0. The van der Waals surface area contributed by atoms with E-state index in [9.17, 15) is 0 Å². The molecule has 2 nitrogen and oxygen atoms in total. The minimum Gasteiger partial charge on any atom is -0.329 e. The Hall–Kier alpha value is -0.860. The van der Waals surface area contributed by atoms with E-state index in [2.05, 4.69) is 63.1 Å². The van der Waals surface area contributed by atoms with E-state index in [1.165, 1.54) is 5.56 Å². The Morgan fingerprint density at radius 1 is 1.22 bits per heavy atom. The van der Waals surface area contributed by atoms with E-state index in [1.54, 1.807) is 0 Å². The SMILES string of the molecule is CCC(C)N(C)C(CC)(CN)Cc1ccccc1. The van der Waals surface area contributed by atoms with Crippen molar-refractivity contribution in [2.45, 2.75) is 51.6 Å². The molecule has 0 bridgehead atoms. The monoisotopic (exact) mass is 248 g/mol. The highest BCUT2D eigenvalue weighted by Crippen LogP contribution is 2.25. The summed E-state index contributed by atoms with van der Waals surface area (Å²) in [5.41, 5.74) is 7.57. The number of hydrogen-bond donors (Lipinski definition) is 1. The molecular weight excluding hydrogens is 220 g/mol. The summed E-state index contributed by atoms with van der Waals surface area (Å²) in [4.78, 5) is 2.47. The van der Waals surface area contributed by atoms with Gasteiger partial charge in [0.05, 0.1) is 0 Å². The molecule has 2 N–H and O–H groups in total. The molecule has 0 fully saturated rings. The van der Waals surface area contributed by atoms with Crippen molar-refractivity contribution in [1.82, 2.24) is 4.90 Å². The first-order valence-electron chi connectivity index (χ1n) is 7.06. The maximum absolute atomic E-state index is 6.12. The van der Waals surface area contributed by atoms with Crippen LogP contribution < -0.4 is 5.73 Å². The smallest absolute Gasteiger partial charge is 0.0369 e. The summed E-state index contributed by atoms with van der Waals surface area (Å²) in [7, 11) is 2.22. The largest absolute Gasteiger partial charge is 0.329 e. The van der Waals surface area contributed by atoms with Gasteiger partial charge < -0.3 is 5.73 Å². The van der Waals surface area contributed by atoms with Gasteiger partial charge in [0.15, 0.2) is 0 Å². The molecule has 0 radical (unpaired) electrons. The standard InChI is InChI=1S/C16H28N2/c1-5-14(3)18(4)16(6-2,13-17)12-15-10-8-7-9-11-15/h7-11,14H,5-6,12-13,17H2,1-4H3. The van der Waals surface area contributed by atoms with Crippen molar-refractivity contribution < 1.29 is 0 Å². The van der Waals surface area contributed by atoms with Crippen LogP contribution in [0, 0.1) is 0 Å². The zero-order valence-electron chi connectivity index (χ0n) is 12.3. The van der Waals surface area contributed by atoms with Gasteiger partial charge in [-0.15, -0.1) is 0 Å². The van der Waals surface area contributed by atoms with E-state index >= 15 is 0 Å². The fourth-order valence-corrected chi connectivity index (χ4v) is 2.58. The Morgan fingerprint density at radius 2 is 1.83 bits per heavy atom. The molecule has 1 aromatic rings. The molecule has 2 unspecified atom stereocenters. The van der Waals surface area contributed by atoms with E-state index in [0.717, 1.165) is 19.3 Å². The van der Waals surface area contributed by atoms with Gasteiger partial charge in [-0.2, -0.15) is 0 Å². The minimum atomic E-state index is 0.0801. The predicted octanol–water partition coefficient (Wildman–Crippen LogP) is 3.07. The number of benzene rings is 1. The fraction of sp³-hybridized carbons (Fsp3) is 0.625. The Labute approximate surface area is 112 Å². The van der Waals surface area contributed by atoms with Crippen LogP contribution in [0.4, 0.5) is 0 Å². The average molecular weight is 248 g/mol. The van der Waals surface area contributed by atoms with Crippen LogP contribution in [0.5, 0.6) is 0 Å². The van der Waals surface area contributed by atoms with Gasteiger partial charge in [0, 0.05) is 18.1 Å². The van der Waals surface area contributed by atoms with Crippen LogP contribution in [0.1, 0.15) is 39.2 Å². The molecule has 18 heavy (non-hydrogen) atoms. The van der Waals surface area contributed by atoms with E-state index in [-0.39, 0.29) is 5.54 Å². The second-order valence-electron chi connectivity index (χ2n) is 5.31. The zero-order valence-corrected chi connectivity index (χ0v) is 12.3. The third-order valence-corrected chi connectivity index (χ3v) is 4.41. The molecule has 0 aliphatic carbocycles. The third-order valence-electron chi connectivity index (χ3n) is 4.41. The van der Waals surface area contributed by atoms with Crippen molar-refractivity contribution in [3.63, 3.8) is 0 Å². The molecule has 0 aromatic heterocycles. The van der Waals surface area contributed by atoms with Gasteiger partial charge in [-0.25, -0.2) is 0 Å². The van der Waals surface area contributed by atoms with Gasteiger partial charge in [0.2, 0.25) is 0 Å². The number of likely N-dealkylation sites (N-methyl/N-ethyl adjacent to an activating group) is 1. The molecule has 0 aliphatic heterocycles. The fourth-order valence-electron chi connectivity index (χ4n) is 2.58. The first-order valence-corrected chi connectivity index (χ1v) is 7.06. The second kappa shape index (κ2) is 6.91. The highest BCUT2D eigenvalue weighted by Gasteiger charge is 2.33. The second-order valence-corrected chi connectivity index (χ2v) is 5.31. The van der Waals surface area contributed by atoms with E-state index in [0.29, 0.717) is 12.6 Å². The molecule has 102 valence electrons. The average Bonchev–Trinajstić information content (AvgIpc) is 2.44. The van der Waals surface area contributed by atoms with Gasteiger partial charge in [0.25, 0.3) is 0 Å². The lowest BCUT2D eigenvalue weighted by Crippen LogP contribution is -2.56. The van der Waals surface area contributed by atoms with Crippen LogP contribution in [0.2, 0.25) is 0 Å². The molecule has 0 amide bonds. The molecule has 0 heterocycles. The van der Waals surface area contributed by atoms with Gasteiger partial charge in [-0.05, 0) is 38.8 Å². The first kappa shape index (κ1) is 15.2. The number of rotatable bonds is 7. The number of hydrogen-bond acceptors (Lipinski definition) is 2. The van der Waals surface area contributed by atoms with E-state index in [4.69, 9.17) is 5.73 Å². The Balaban J connectivity index is 2.93. The van der Waals surface area contributed by atoms with Gasteiger partial charge in [-0.1, -0.05) is 44.2 Å². The number of nitrogens with zero attached hydrogens (tertiary/aromatic N) is 1. The topological polar surface area (TPSA) is 29.3 Å². The molecule has 1 rings (SSSR count). The molecular formula is C16H28N2. The van der Waals surface area contributed by atoms with E-state index < -0.39 is 0 Å². The summed E-state index contributed by atoms with van der Waals surface area (Å²) in [6, 6.07) is 11.2. The summed E-state index contributed by atoms with van der Waals surface area (Å²) < 4.78 is 0. The first-order chi connectivity index (χ1) is 8.59. The lowest BCUT2D eigenvalue weighted by Gasteiger charge is -2.44. The maximum Gasteiger partial charge on any atom is 0.0369 e. The lowest BCUT2D eigenvalue weighted by atomic mass is 9.85. The predicted molar refractivity (Wildman–Crippen MR) is 79.7 cm³/mol. The summed E-state index contributed by atoms with van der Waals surface area (Å²) in [5.74, 6) is 0. The van der Waals surface area contributed by atoms with Crippen molar-refractivity contribution in [3.05, 3.63) is 35.9 Å². The third kappa shape index (κ3) is 3.33. The van der Waals surface area contributed by atoms with Crippen LogP contribution in [-0.4, -0.2) is 30.1 Å². The van der Waals surface area contributed by atoms with Gasteiger partial charge in [0.1, 0.15) is 0 Å². The molecule has 2 heteroatoms. The Bertz CT molecular complexity index is 330. The van der Waals surface area contributed by atoms with Gasteiger partial charge in [-0.3, -0.25) is 4.90 Å². The van der Waals surface area contributed by atoms with Crippen molar-refractivity contribution in [1.29, 1.82) is 0 Å². The van der Waals surface area contributed by atoms with Crippen LogP contribution in [0.15, 0.2) is 30.3 Å². The van der Waals surface area contributed by atoms with Crippen molar-refractivity contribution in [3.8, 4) is 0 Å². The molecule has 0 saturated carbocycles. The van der Waals surface area contributed by atoms with Crippen LogP contribution in [0.3, 0.4) is 0 Å². The zero-order chi connectivity index (χ0) is 13.6. The van der Waals surface area contributed by atoms with Crippen molar-refractivity contribution in [2.24, 2.45) is 5.73 Å². The summed E-state index contributed by atoms with van der Waals surface area (Å²) in [6.07, 6.45) is 3.27. The minimum absolute atomic E-state index is 0.0801. The molecule has 0 aliphatic rings. The highest BCUT2D eigenvalue weighted by molar-refractivity contribution is 5.18. The molecule has 0 spiro atoms. The molecule has 2 atom stereocenters. The normalized spacial score (nSPS) is 16.6. The molecule has 0 saturated heterocycles. The van der Waals surface area contributed by atoms with Gasteiger partial charge >= 0.3 is 0 Å². The summed E-state index contributed by atoms with van der Waals surface area (Å²) >= 11 is 0. The quantitative estimate of drug-likeness (QED) is 0.803. The van der Waals surface area contributed by atoms with Crippen molar-refractivity contribution >= 4 is 0 Å². The molecule has 1 aromatic carbocycles. The van der Waals surface area contributed by atoms with Crippen LogP contribution in [0.25, 0.3) is 0 Å². The summed E-state index contributed by atoms with van der Waals surface area (Å²) in [6.45, 7) is 7.47. The lowest BCUT2D eigenvalue weighted by molar-refractivity contribution is 0.0780. The van der Waals surface area contributed by atoms with Crippen molar-refractivity contribution in [2.75, 3.05) is 13.6 Å². The van der Waals surface area contributed by atoms with Crippen LogP contribution >= 0.6 is 0 Å². The number of nitrogens with two attached hydrogens (primary N) is 1. The maximum atomic E-state index is 6.12. The highest BCUT2D eigenvalue weighted by atomic mass is 15.2. The Morgan fingerprint density at radius 3 is 2.28 bits per heavy atom. The Kier molecular flexibility index (Phi) is 5.83. The van der Waals surface area contributed by atoms with E-state index in [1.807, 2.05) is 0 Å². The van der Waals surface area contributed by atoms with Crippen LogP contribution in [-0.2, 0) is 6.42 Å².